The molecule has 9 heteroatoms. The molecule has 0 radical (unpaired) electrons. The van der Waals surface area contributed by atoms with E-state index in [1.807, 2.05) is 24.3 Å². The van der Waals surface area contributed by atoms with Crippen LogP contribution in [-0.2, 0) is 9.59 Å². The number of anilines is 1. The molecule has 4 N–H and O–H groups in total. The third kappa shape index (κ3) is 3.91. The molecule has 0 heterocycles. The van der Waals surface area contributed by atoms with E-state index in [0.717, 1.165) is 17.0 Å². The second-order valence-electron chi connectivity index (χ2n) is 5.73. The second-order valence-corrected chi connectivity index (χ2v) is 7.38. The van der Waals surface area contributed by atoms with Crippen LogP contribution in [0.25, 0.3) is 10.8 Å². The van der Waals surface area contributed by atoms with Gasteiger partial charge in [0.2, 0.25) is 0 Å². The molecule has 3 aromatic rings. The number of aromatic hydroxyl groups is 2. The maximum absolute atomic E-state index is 12.3. The van der Waals surface area contributed by atoms with Crippen molar-refractivity contribution in [2.75, 3.05) is 5.01 Å². The van der Waals surface area contributed by atoms with Crippen molar-refractivity contribution >= 4 is 66.3 Å². The van der Waals surface area contributed by atoms with Gasteiger partial charge in [0.15, 0.2) is 0 Å². The Balaban J connectivity index is 1.82. The van der Waals surface area contributed by atoms with Crippen molar-refractivity contribution in [1.29, 1.82) is 0 Å². The van der Waals surface area contributed by atoms with E-state index in [4.69, 9.17) is 5.84 Å². The Kier molecular flexibility index (Phi) is 5.78. The lowest BCUT2D eigenvalue weighted by atomic mass is 10.1. The van der Waals surface area contributed by atoms with E-state index < -0.39 is 11.8 Å². The molecular formula is C19H13Br2N3O4. The molecule has 0 saturated carbocycles. The van der Waals surface area contributed by atoms with E-state index in [0.29, 0.717) is 10.7 Å². The Labute approximate surface area is 176 Å². The van der Waals surface area contributed by atoms with Gasteiger partial charge in [0, 0.05) is 11.8 Å². The minimum Gasteiger partial charge on any atom is -0.506 e. The number of hydrazine groups is 1. The van der Waals surface area contributed by atoms with Gasteiger partial charge in [-0.05, 0) is 60.8 Å². The lowest BCUT2D eigenvalue weighted by Crippen LogP contribution is -2.41. The minimum atomic E-state index is -1.12. The van der Waals surface area contributed by atoms with E-state index in [1.54, 1.807) is 18.2 Å². The molecule has 0 spiro atoms. The molecule has 0 aromatic heterocycles. The van der Waals surface area contributed by atoms with Crippen molar-refractivity contribution < 1.29 is 19.8 Å². The predicted octanol–water partition coefficient (Wildman–Crippen LogP) is 3.63. The van der Waals surface area contributed by atoms with Crippen molar-refractivity contribution in [2.45, 2.75) is 0 Å². The molecule has 0 bridgehead atoms. The molecule has 28 heavy (non-hydrogen) atoms. The van der Waals surface area contributed by atoms with Crippen molar-refractivity contribution in [3.63, 3.8) is 0 Å². The zero-order chi connectivity index (χ0) is 20.4. The Morgan fingerprint density at radius 3 is 2.39 bits per heavy atom. The molecule has 0 aliphatic heterocycles. The summed E-state index contributed by atoms with van der Waals surface area (Å²) in [6, 6.07) is 14.0. The van der Waals surface area contributed by atoms with E-state index in [1.165, 1.54) is 6.07 Å². The van der Waals surface area contributed by atoms with Gasteiger partial charge in [-0.1, -0.05) is 30.3 Å². The Bertz CT molecular complexity index is 1130. The number of fused-ring (bicyclic) bond motifs is 1. The van der Waals surface area contributed by atoms with Gasteiger partial charge in [-0.25, -0.2) is 15.8 Å². The Hall–Kier alpha value is -2.75. The maximum atomic E-state index is 12.3. The highest BCUT2D eigenvalue weighted by molar-refractivity contribution is 9.11. The molecule has 0 fully saturated rings. The van der Waals surface area contributed by atoms with Crippen LogP contribution in [0.2, 0.25) is 0 Å². The number of hydrogen-bond donors (Lipinski definition) is 3. The molecule has 3 rings (SSSR count). The quantitative estimate of drug-likeness (QED) is 0.161. The molecule has 0 atom stereocenters. The monoisotopic (exact) mass is 505 g/mol. The van der Waals surface area contributed by atoms with Gasteiger partial charge in [-0.3, -0.25) is 9.59 Å². The van der Waals surface area contributed by atoms with Crippen LogP contribution >= 0.6 is 31.9 Å². The summed E-state index contributed by atoms with van der Waals surface area (Å²) >= 11 is 6.13. The fourth-order valence-electron chi connectivity index (χ4n) is 2.45. The summed E-state index contributed by atoms with van der Waals surface area (Å²) in [5, 5.41) is 22.2. The number of halogens is 2. The fourth-order valence-corrected chi connectivity index (χ4v) is 3.60. The average Bonchev–Trinajstić information content (AvgIpc) is 2.72. The van der Waals surface area contributed by atoms with Crippen LogP contribution in [0.5, 0.6) is 11.5 Å². The van der Waals surface area contributed by atoms with Gasteiger partial charge in [0.25, 0.3) is 0 Å². The first-order valence-electron chi connectivity index (χ1n) is 7.85. The van der Waals surface area contributed by atoms with E-state index in [9.17, 15) is 19.8 Å². The number of phenolic OH excluding ortho intramolecular Hbond substituents is 2. The van der Waals surface area contributed by atoms with Gasteiger partial charge < -0.3 is 10.2 Å². The number of carbonyl (C=O) groups excluding carboxylic acids is 2. The molecule has 0 unspecified atom stereocenters. The molecule has 0 aliphatic carbocycles. The lowest BCUT2D eigenvalue weighted by molar-refractivity contribution is -0.135. The van der Waals surface area contributed by atoms with Crippen LogP contribution in [0.1, 0.15) is 5.56 Å². The first-order chi connectivity index (χ1) is 13.3. The lowest BCUT2D eigenvalue weighted by Gasteiger charge is -2.15. The molecule has 2 amide bonds. The number of benzene rings is 3. The molecular weight excluding hydrogens is 494 g/mol. The zero-order valence-electron chi connectivity index (χ0n) is 14.1. The first-order valence-corrected chi connectivity index (χ1v) is 9.44. The number of rotatable bonds is 2. The Morgan fingerprint density at radius 1 is 1.00 bits per heavy atom. The summed E-state index contributed by atoms with van der Waals surface area (Å²) < 4.78 is 0.299. The normalized spacial score (nSPS) is 11.1. The highest BCUT2D eigenvalue weighted by atomic mass is 79.9. The van der Waals surface area contributed by atoms with Crippen LogP contribution in [0.4, 0.5) is 5.69 Å². The van der Waals surface area contributed by atoms with Gasteiger partial charge in [0.05, 0.1) is 10.2 Å². The van der Waals surface area contributed by atoms with Crippen molar-refractivity contribution in [2.24, 2.45) is 10.8 Å². The topological polar surface area (TPSA) is 116 Å². The van der Waals surface area contributed by atoms with Gasteiger partial charge in [-0.2, -0.15) is 0 Å². The summed E-state index contributed by atoms with van der Waals surface area (Å²) in [6.07, 6.45) is 1.01. The van der Waals surface area contributed by atoms with E-state index in [2.05, 4.69) is 36.9 Å². The number of phenols is 2. The van der Waals surface area contributed by atoms with E-state index >= 15 is 0 Å². The van der Waals surface area contributed by atoms with Gasteiger partial charge in [0.1, 0.15) is 16.0 Å². The summed E-state index contributed by atoms with van der Waals surface area (Å²) in [6.45, 7) is 0. The predicted molar refractivity (Wildman–Crippen MR) is 113 cm³/mol. The van der Waals surface area contributed by atoms with Crippen LogP contribution in [0, 0.1) is 0 Å². The fraction of sp³-hybridized carbons (Fsp3) is 0. The third-order valence-corrected chi connectivity index (χ3v) is 5.29. The molecule has 3 aromatic carbocycles. The van der Waals surface area contributed by atoms with Crippen LogP contribution in [0.15, 0.2) is 62.5 Å². The van der Waals surface area contributed by atoms with Gasteiger partial charge in [-0.15, -0.1) is 0 Å². The van der Waals surface area contributed by atoms with Crippen molar-refractivity contribution in [3.8, 4) is 11.5 Å². The Morgan fingerprint density at radius 2 is 1.68 bits per heavy atom. The number of amides is 2. The molecule has 7 nitrogen and oxygen atoms in total. The molecule has 142 valence electrons. The summed E-state index contributed by atoms with van der Waals surface area (Å²) in [5.41, 5.74) is 0.456. The van der Waals surface area contributed by atoms with E-state index in [-0.39, 0.29) is 26.0 Å². The largest absolute Gasteiger partial charge is 0.506 e. The van der Waals surface area contributed by atoms with Crippen LogP contribution in [0.3, 0.4) is 0 Å². The number of nitrogens with zero attached hydrogens (tertiary/aromatic N) is 2. The highest BCUT2D eigenvalue weighted by Crippen LogP contribution is 2.40. The number of carbonyl (C=O) groups is 2. The average molecular weight is 507 g/mol. The van der Waals surface area contributed by atoms with Crippen LogP contribution < -0.4 is 10.9 Å². The van der Waals surface area contributed by atoms with Crippen molar-refractivity contribution in [3.05, 3.63) is 63.0 Å². The van der Waals surface area contributed by atoms with Gasteiger partial charge >= 0.3 is 11.8 Å². The summed E-state index contributed by atoms with van der Waals surface area (Å²) in [4.78, 5) is 28.0. The summed E-state index contributed by atoms with van der Waals surface area (Å²) in [5.74, 6) is 3.10. The minimum absolute atomic E-state index is 0.0266. The zero-order valence-corrected chi connectivity index (χ0v) is 17.3. The molecule has 0 saturated heterocycles. The standard InChI is InChI=1S/C19H13Br2N3O4/c20-14-8-12(16(25)15(21)17(14)26)9-23-18(27)19(28)24(22)13-6-5-10-3-1-2-4-11(10)7-13/h1-9,25-26H,22H2. The van der Waals surface area contributed by atoms with Crippen LogP contribution in [-0.4, -0.2) is 28.2 Å². The smallest absolute Gasteiger partial charge is 0.336 e. The summed E-state index contributed by atoms with van der Waals surface area (Å²) in [7, 11) is 0. The maximum Gasteiger partial charge on any atom is 0.336 e. The number of hydrogen-bond acceptors (Lipinski definition) is 5. The third-order valence-electron chi connectivity index (χ3n) is 3.93. The molecule has 0 aliphatic rings. The first kappa shape index (κ1) is 20.0. The highest BCUT2D eigenvalue weighted by Gasteiger charge is 2.21. The SMILES string of the molecule is NN(C(=O)C(=O)N=Cc1cc(Br)c(O)c(Br)c1O)c1ccc2ccccc2c1. The van der Waals surface area contributed by atoms with Crippen molar-refractivity contribution in [1.82, 2.24) is 0 Å². The number of aliphatic imine (C=N–C) groups is 1. The second kappa shape index (κ2) is 8.09. The number of nitrogens with two attached hydrogens (primary N) is 1.